The second-order valence-corrected chi connectivity index (χ2v) is 8.60. The van der Waals surface area contributed by atoms with Crippen molar-refractivity contribution in [3.8, 4) is 0 Å². The zero-order chi connectivity index (χ0) is 18.7. The van der Waals surface area contributed by atoms with Crippen molar-refractivity contribution in [2.24, 2.45) is 5.92 Å². The molecule has 6 nitrogen and oxygen atoms in total. The summed E-state index contributed by atoms with van der Waals surface area (Å²) in [5, 5.41) is 9.80. The van der Waals surface area contributed by atoms with Gasteiger partial charge >= 0.3 is 5.97 Å². The van der Waals surface area contributed by atoms with E-state index >= 15 is 0 Å². The first-order valence-corrected chi connectivity index (χ1v) is 10.4. The summed E-state index contributed by atoms with van der Waals surface area (Å²) in [7, 11) is 0. The molecule has 26 heavy (non-hydrogen) atoms. The molecule has 0 radical (unpaired) electrons. The lowest BCUT2D eigenvalue weighted by atomic mass is 9.93. The fraction of sp³-hybridized carbons (Fsp3) is 0.737. The molecule has 1 amide bonds. The lowest BCUT2D eigenvalue weighted by molar-refractivity contribution is -0.144. The Balaban J connectivity index is 1.57. The van der Waals surface area contributed by atoms with E-state index < -0.39 is 12.1 Å². The molecule has 144 valence electrons. The van der Waals surface area contributed by atoms with Crippen molar-refractivity contribution in [3.63, 3.8) is 0 Å². The van der Waals surface area contributed by atoms with Crippen molar-refractivity contribution in [2.75, 3.05) is 6.54 Å². The number of aliphatic carboxylic acids is 1. The van der Waals surface area contributed by atoms with Gasteiger partial charge in [0.15, 0.2) is 0 Å². The van der Waals surface area contributed by atoms with Gasteiger partial charge in [-0.1, -0.05) is 6.92 Å². The normalized spacial score (nSPS) is 25.1. The van der Waals surface area contributed by atoms with Gasteiger partial charge in [0.05, 0.1) is 18.3 Å². The first-order valence-electron chi connectivity index (χ1n) is 9.59. The third-order valence-corrected chi connectivity index (χ3v) is 6.42. The van der Waals surface area contributed by atoms with Gasteiger partial charge in [0.25, 0.3) is 5.91 Å². The highest BCUT2D eigenvalue weighted by Gasteiger charge is 2.33. The molecule has 0 spiro atoms. The van der Waals surface area contributed by atoms with Crippen molar-refractivity contribution < 1.29 is 19.4 Å². The van der Waals surface area contributed by atoms with E-state index in [0.717, 1.165) is 24.3 Å². The Bertz CT molecular complexity index is 660. The number of aryl methyl sites for hydroxylation is 1. The monoisotopic (exact) mass is 380 g/mol. The van der Waals surface area contributed by atoms with Crippen LogP contribution in [0.5, 0.6) is 0 Å². The van der Waals surface area contributed by atoms with Crippen LogP contribution >= 0.6 is 11.3 Å². The number of rotatable bonds is 7. The van der Waals surface area contributed by atoms with E-state index in [2.05, 4.69) is 6.92 Å². The maximum Gasteiger partial charge on any atom is 0.303 e. The van der Waals surface area contributed by atoms with E-state index in [9.17, 15) is 9.59 Å². The number of ether oxygens (including phenoxy) is 1. The number of likely N-dealkylation sites (N-methyl/N-ethyl adjacent to an activating group) is 1. The van der Waals surface area contributed by atoms with Crippen molar-refractivity contribution in [1.29, 1.82) is 0 Å². The van der Waals surface area contributed by atoms with Gasteiger partial charge in [0.2, 0.25) is 0 Å². The molecule has 1 aromatic heterocycles. The molecule has 1 saturated heterocycles. The summed E-state index contributed by atoms with van der Waals surface area (Å²) in [4.78, 5) is 31.5. The van der Waals surface area contributed by atoms with Crippen LogP contribution in [0.2, 0.25) is 0 Å². The fourth-order valence-corrected chi connectivity index (χ4v) is 5.05. The minimum Gasteiger partial charge on any atom is -0.481 e. The molecule has 2 aliphatic rings. The van der Waals surface area contributed by atoms with E-state index in [1.165, 1.54) is 17.0 Å². The summed E-state index contributed by atoms with van der Waals surface area (Å²) < 4.78 is 5.82. The molecule has 2 heterocycles. The van der Waals surface area contributed by atoms with Gasteiger partial charge in [-0.25, -0.2) is 4.98 Å². The summed E-state index contributed by atoms with van der Waals surface area (Å²) in [5.74, 6) is -0.0955. The number of amides is 1. The van der Waals surface area contributed by atoms with Crippen LogP contribution in [0.15, 0.2) is 0 Å². The number of thiazole rings is 1. The fourth-order valence-electron chi connectivity index (χ4n) is 3.76. The Hall–Kier alpha value is -1.47. The molecule has 1 unspecified atom stereocenters. The number of nitrogens with zero attached hydrogens (tertiary/aromatic N) is 2. The van der Waals surface area contributed by atoms with Crippen LogP contribution in [0.25, 0.3) is 0 Å². The van der Waals surface area contributed by atoms with E-state index in [-0.39, 0.29) is 18.4 Å². The number of carboxylic acid groups (broad SMARTS) is 1. The van der Waals surface area contributed by atoms with E-state index in [1.54, 1.807) is 11.3 Å². The highest BCUT2D eigenvalue weighted by molar-refractivity contribution is 7.11. The number of carboxylic acids is 1. The number of hydrogen-bond donors (Lipinski definition) is 1. The van der Waals surface area contributed by atoms with Crippen molar-refractivity contribution >= 4 is 23.2 Å². The largest absolute Gasteiger partial charge is 0.481 e. The van der Waals surface area contributed by atoms with Crippen molar-refractivity contribution in [2.45, 2.75) is 77.5 Å². The number of hydrogen-bond acceptors (Lipinski definition) is 5. The van der Waals surface area contributed by atoms with E-state index in [0.29, 0.717) is 31.8 Å². The molecule has 1 aromatic rings. The lowest BCUT2D eigenvalue weighted by Crippen LogP contribution is -2.38. The topological polar surface area (TPSA) is 79.7 Å². The molecular formula is C19H28N2O4S. The summed E-state index contributed by atoms with van der Waals surface area (Å²) in [5.41, 5.74) is 1.22. The molecule has 3 rings (SSSR count). The van der Waals surface area contributed by atoms with E-state index in [4.69, 9.17) is 14.8 Å². The average Bonchev–Trinajstić information content (AvgIpc) is 3.23. The molecular weight excluding hydrogens is 352 g/mol. The second-order valence-electron chi connectivity index (χ2n) is 7.43. The van der Waals surface area contributed by atoms with Gasteiger partial charge in [-0.3, -0.25) is 9.59 Å². The highest BCUT2D eigenvalue weighted by atomic mass is 32.1. The van der Waals surface area contributed by atoms with Gasteiger partial charge < -0.3 is 14.7 Å². The molecule has 0 aromatic carbocycles. The third kappa shape index (κ3) is 4.62. The van der Waals surface area contributed by atoms with E-state index in [1.807, 2.05) is 11.8 Å². The Morgan fingerprint density at radius 3 is 2.88 bits per heavy atom. The van der Waals surface area contributed by atoms with Crippen LogP contribution in [-0.4, -0.2) is 45.6 Å². The van der Waals surface area contributed by atoms with Gasteiger partial charge in [-0.15, -0.1) is 11.3 Å². The molecule has 1 N–H and O–H groups in total. The second kappa shape index (κ2) is 8.48. The number of carbonyl (C=O) groups excluding carboxylic acids is 1. The summed E-state index contributed by atoms with van der Waals surface area (Å²) in [6, 6.07) is 0. The Labute approximate surface area is 158 Å². The quantitative estimate of drug-likeness (QED) is 0.786. The zero-order valence-electron chi connectivity index (χ0n) is 15.6. The maximum absolute atomic E-state index is 12.8. The summed E-state index contributed by atoms with van der Waals surface area (Å²) in [6.07, 6.45) is 4.77. The SMILES string of the molecule is CCN(Cc1nc2c(s1)CC(C)CC2)C(=O)[C@@H]1CC[C@H](CCC(=O)O)O1. The molecule has 7 heteroatoms. The van der Waals surface area contributed by atoms with Gasteiger partial charge in [-0.05, 0) is 51.4 Å². The first-order chi connectivity index (χ1) is 12.5. The highest BCUT2D eigenvalue weighted by Crippen LogP contribution is 2.31. The van der Waals surface area contributed by atoms with Crippen molar-refractivity contribution in [1.82, 2.24) is 9.88 Å². The van der Waals surface area contributed by atoms with Gasteiger partial charge in [-0.2, -0.15) is 0 Å². The molecule has 0 saturated carbocycles. The van der Waals surface area contributed by atoms with Crippen LogP contribution in [0.1, 0.15) is 61.5 Å². The Morgan fingerprint density at radius 1 is 1.35 bits per heavy atom. The Kier molecular flexibility index (Phi) is 6.29. The number of fused-ring (bicyclic) bond motifs is 1. The smallest absolute Gasteiger partial charge is 0.303 e. The Morgan fingerprint density at radius 2 is 2.15 bits per heavy atom. The predicted molar refractivity (Wildman–Crippen MR) is 99.2 cm³/mol. The minimum absolute atomic E-state index is 0.00636. The predicted octanol–water partition coefficient (Wildman–Crippen LogP) is 3.03. The third-order valence-electron chi connectivity index (χ3n) is 5.31. The van der Waals surface area contributed by atoms with Gasteiger partial charge in [0.1, 0.15) is 11.1 Å². The lowest BCUT2D eigenvalue weighted by Gasteiger charge is -2.23. The average molecular weight is 381 g/mol. The zero-order valence-corrected chi connectivity index (χ0v) is 16.4. The van der Waals surface area contributed by atoms with Crippen LogP contribution in [-0.2, 0) is 33.7 Å². The molecule has 1 fully saturated rings. The molecule has 1 aliphatic heterocycles. The minimum atomic E-state index is -0.819. The summed E-state index contributed by atoms with van der Waals surface area (Å²) >= 11 is 1.74. The molecule has 3 atom stereocenters. The van der Waals surface area contributed by atoms with Crippen LogP contribution < -0.4 is 0 Å². The van der Waals surface area contributed by atoms with Gasteiger partial charge in [0, 0.05) is 17.8 Å². The number of aromatic nitrogens is 1. The molecule has 1 aliphatic carbocycles. The maximum atomic E-state index is 12.8. The standard InChI is InChI=1S/C19H28N2O4S/c1-3-21(11-17-20-14-7-4-12(2)10-16(14)26-17)19(24)15-8-5-13(25-15)6-9-18(22)23/h12-13,15H,3-11H2,1-2H3,(H,22,23)/t12?,13-,15+/m1/s1. The van der Waals surface area contributed by atoms with Crippen molar-refractivity contribution in [3.05, 3.63) is 15.6 Å². The first kappa shape index (κ1) is 19.3. The molecule has 0 bridgehead atoms. The van der Waals surface area contributed by atoms with Crippen LogP contribution in [0.3, 0.4) is 0 Å². The summed E-state index contributed by atoms with van der Waals surface area (Å²) in [6.45, 7) is 5.42. The van der Waals surface area contributed by atoms with Crippen LogP contribution in [0, 0.1) is 5.92 Å². The number of carbonyl (C=O) groups is 2. The van der Waals surface area contributed by atoms with Crippen LogP contribution in [0.4, 0.5) is 0 Å².